The largest absolute Gasteiger partial charge is 0.457 e. The Morgan fingerprint density at radius 2 is 1.15 bits per heavy atom. The molecule has 0 unspecified atom stereocenters. The molecule has 6 rings (SSSR count). The lowest BCUT2D eigenvalue weighted by atomic mass is 10.1. The number of benzene rings is 4. The van der Waals surface area contributed by atoms with Crippen LogP contribution in [0.1, 0.15) is 0 Å². The molecule has 0 fully saturated rings. The second-order valence-corrected chi connectivity index (χ2v) is 7.71. The SMILES string of the molecule is c1ccc(Oc2cccc(Oc3ccc4c5ccccc5n(-c5ccccn5)c4c3)c2)cc1. The first-order valence-electron chi connectivity index (χ1n) is 10.8. The average Bonchev–Trinajstić information content (AvgIpc) is 3.19. The van der Waals surface area contributed by atoms with Crippen molar-refractivity contribution in [2.75, 3.05) is 0 Å². The average molecular weight is 428 g/mol. The minimum Gasteiger partial charge on any atom is -0.457 e. The van der Waals surface area contributed by atoms with Gasteiger partial charge in [-0.2, -0.15) is 0 Å². The van der Waals surface area contributed by atoms with Crippen LogP contribution in [0, 0.1) is 0 Å². The van der Waals surface area contributed by atoms with E-state index >= 15 is 0 Å². The summed E-state index contributed by atoms with van der Waals surface area (Å²) in [5.41, 5.74) is 2.16. The first-order valence-corrected chi connectivity index (χ1v) is 10.8. The summed E-state index contributed by atoms with van der Waals surface area (Å²) in [5.74, 6) is 3.85. The van der Waals surface area contributed by atoms with E-state index in [4.69, 9.17) is 9.47 Å². The van der Waals surface area contributed by atoms with E-state index in [0.29, 0.717) is 5.75 Å². The van der Waals surface area contributed by atoms with Crippen LogP contribution >= 0.6 is 0 Å². The Kier molecular flexibility index (Phi) is 4.74. The summed E-state index contributed by atoms with van der Waals surface area (Å²) in [6.07, 6.45) is 1.81. The fourth-order valence-corrected chi connectivity index (χ4v) is 4.11. The van der Waals surface area contributed by atoms with Crippen molar-refractivity contribution in [2.24, 2.45) is 0 Å². The van der Waals surface area contributed by atoms with Crippen LogP contribution < -0.4 is 9.47 Å². The van der Waals surface area contributed by atoms with Gasteiger partial charge in [0, 0.05) is 29.1 Å². The molecule has 33 heavy (non-hydrogen) atoms. The number of hydrogen-bond acceptors (Lipinski definition) is 3. The normalized spacial score (nSPS) is 11.0. The van der Waals surface area contributed by atoms with Crippen LogP contribution in [-0.4, -0.2) is 9.55 Å². The van der Waals surface area contributed by atoms with E-state index in [0.717, 1.165) is 39.5 Å². The highest BCUT2D eigenvalue weighted by Gasteiger charge is 2.13. The van der Waals surface area contributed by atoms with Crippen molar-refractivity contribution < 1.29 is 9.47 Å². The molecule has 0 saturated carbocycles. The maximum Gasteiger partial charge on any atom is 0.137 e. The molecule has 4 heteroatoms. The molecule has 0 aliphatic carbocycles. The minimum atomic E-state index is 0.711. The van der Waals surface area contributed by atoms with Gasteiger partial charge in [0.2, 0.25) is 0 Å². The molecule has 2 heterocycles. The lowest BCUT2D eigenvalue weighted by molar-refractivity contribution is 0.460. The minimum absolute atomic E-state index is 0.711. The van der Waals surface area contributed by atoms with Crippen LogP contribution in [0.4, 0.5) is 0 Å². The number of fused-ring (bicyclic) bond motifs is 3. The van der Waals surface area contributed by atoms with Crippen molar-refractivity contribution in [3.05, 3.63) is 121 Å². The predicted molar refractivity (Wildman–Crippen MR) is 132 cm³/mol. The Morgan fingerprint density at radius 1 is 0.485 bits per heavy atom. The van der Waals surface area contributed by atoms with Gasteiger partial charge in [-0.3, -0.25) is 4.57 Å². The van der Waals surface area contributed by atoms with E-state index in [1.165, 1.54) is 5.39 Å². The van der Waals surface area contributed by atoms with Crippen molar-refractivity contribution in [1.82, 2.24) is 9.55 Å². The first kappa shape index (κ1) is 19.1. The Bertz CT molecular complexity index is 1560. The third-order valence-electron chi connectivity index (χ3n) is 5.54. The highest BCUT2D eigenvalue weighted by atomic mass is 16.5. The van der Waals surface area contributed by atoms with E-state index in [1.54, 1.807) is 0 Å². The third kappa shape index (κ3) is 3.68. The highest BCUT2D eigenvalue weighted by molar-refractivity contribution is 6.09. The van der Waals surface area contributed by atoms with E-state index in [1.807, 2.05) is 85.1 Å². The maximum absolute atomic E-state index is 6.24. The maximum atomic E-state index is 6.24. The Balaban J connectivity index is 1.40. The highest BCUT2D eigenvalue weighted by Crippen LogP contribution is 2.35. The zero-order valence-corrected chi connectivity index (χ0v) is 17.8. The van der Waals surface area contributed by atoms with Crippen LogP contribution in [0.15, 0.2) is 121 Å². The van der Waals surface area contributed by atoms with E-state index in [9.17, 15) is 0 Å². The van der Waals surface area contributed by atoms with Gasteiger partial charge >= 0.3 is 0 Å². The fourth-order valence-electron chi connectivity index (χ4n) is 4.11. The smallest absolute Gasteiger partial charge is 0.137 e. The summed E-state index contributed by atoms with van der Waals surface area (Å²) < 4.78 is 14.4. The van der Waals surface area contributed by atoms with Crippen LogP contribution in [0.25, 0.3) is 27.6 Å². The van der Waals surface area contributed by atoms with Crippen LogP contribution in [0.3, 0.4) is 0 Å². The zero-order valence-electron chi connectivity index (χ0n) is 17.8. The molecule has 4 aromatic carbocycles. The quantitative estimate of drug-likeness (QED) is 0.281. The molecule has 0 radical (unpaired) electrons. The molecular formula is C29H20N2O2. The number of ether oxygens (including phenoxy) is 2. The lowest BCUT2D eigenvalue weighted by Crippen LogP contribution is -1.96. The van der Waals surface area contributed by atoms with E-state index < -0.39 is 0 Å². The van der Waals surface area contributed by atoms with Crippen molar-refractivity contribution in [1.29, 1.82) is 0 Å². The van der Waals surface area contributed by atoms with Gasteiger partial charge < -0.3 is 9.47 Å². The summed E-state index contributed by atoms with van der Waals surface area (Å²) in [5, 5.41) is 2.34. The molecular weight excluding hydrogens is 408 g/mol. The van der Waals surface area contributed by atoms with Gasteiger partial charge in [0.1, 0.15) is 28.8 Å². The number of rotatable bonds is 5. The second kappa shape index (κ2) is 8.17. The van der Waals surface area contributed by atoms with Gasteiger partial charge in [-0.1, -0.05) is 48.5 Å². The molecule has 6 aromatic rings. The lowest BCUT2D eigenvalue weighted by Gasteiger charge is -2.10. The standard InChI is InChI=1S/C29H20N2O2/c1-2-9-21(10-3-1)32-22-11-8-12-23(19-22)33-24-16-17-26-25-13-4-5-14-27(25)31(28(26)20-24)29-15-6-7-18-30-29/h1-20H. The summed E-state index contributed by atoms with van der Waals surface area (Å²) in [6.45, 7) is 0. The molecule has 0 N–H and O–H groups in total. The molecule has 0 aliphatic rings. The van der Waals surface area contributed by atoms with Crippen molar-refractivity contribution >= 4 is 21.8 Å². The van der Waals surface area contributed by atoms with Gasteiger partial charge in [0.05, 0.1) is 11.0 Å². The van der Waals surface area contributed by atoms with Crippen molar-refractivity contribution in [3.63, 3.8) is 0 Å². The molecule has 0 saturated heterocycles. The number of hydrogen-bond donors (Lipinski definition) is 0. The number of aromatic nitrogens is 2. The van der Waals surface area contributed by atoms with Crippen LogP contribution in [0.2, 0.25) is 0 Å². The van der Waals surface area contributed by atoms with Gasteiger partial charge in [-0.25, -0.2) is 4.98 Å². The Hall–Kier alpha value is -4.57. The van der Waals surface area contributed by atoms with Gasteiger partial charge in [0.25, 0.3) is 0 Å². The predicted octanol–water partition coefficient (Wildman–Crippen LogP) is 7.76. The van der Waals surface area contributed by atoms with Crippen LogP contribution in [0.5, 0.6) is 23.0 Å². The van der Waals surface area contributed by atoms with E-state index in [2.05, 4.69) is 45.9 Å². The molecule has 0 amide bonds. The van der Waals surface area contributed by atoms with Crippen molar-refractivity contribution in [2.45, 2.75) is 0 Å². The van der Waals surface area contributed by atoms with E-state index in [-0.39, 0.29) is 0 Å². The molecule has 2 aromatic heterocycles. The monoisotopic (exact) mass is 428 g/mol. The zero-order chi connectivity index (χ0) is 22.0. The number of para-hydroxylation sites is 2. The number of pyridine rings is 1. The Morgan fingerprint density at radius 3 is 1.97 bits per heavy atom. The molecule has 0 atom stereocenters. The van der Waals surface area contributed by atoms with Gasteiger partial charge in [-0.15, -0.1) is 0 Å². The van der Waals surface area contributed by atoms with Gasteiger partial charge in [0.15, 0.2) is 0 Å². The molecule has 158 valence electrons. The third-order valence-corrected chi connectivity index (χ3v) is 5.54. The van der Waals surface area contributed by atoms with Crippen molar-refractivity contribution in [3.8, 4) is 28.8 Å². The summed E-state index contributed by atoms with van der Waals surface area (Å²) in [7, 11) is 0. The topological polar surface area (TPSA) is 36.3 Å². The summed E-state index contributed by atoms with van der Waals surface area (Å²) >= 11 is 0. The Labute approximate surface area is 191 Å². The molecule has 4 nitrogen and oxygen atoms in total. The fraction of sp³-hybridized carbons (Fsp3) is 0. The summed E-state index contributed by atoms with van der Waals surface area (Å²) in [6, 6.07) is 37.9. The second-order valence-electron chi connectivity index (χ2n) is 7.71. The number of nitrogens with zero attached hydrogens (tertiary/aromatic N) is 2. The van der Waals surface area contributed by atoms with Crippen LogP contribution in [-0.2, 0) is 0 Å². The molecule has 0 aliphatic heterocycles. The van der Waals surface area contributed by atoms with Gasteiger partial charge in [-0.05, 0) is 54.6 Å². The molecule has 0 spiro atoms. The summed E-state index contributed by atoms with van der Waals surface area (Å²) in [4.78, 5) is 4.59. The first-order chi connectivity index (χ1) is 16.3. The molecule has 0 bridgehead atoms.